The van der Waals surface area contributed by atoms with Gasteiger partial charge < -0.3 is 35.0 Å². The van der Waals surface area contributed by atoms with Crippen LogP contribution in [0.15, 0.2) is 11.6 Å². The van der Waals surface area contributed by atoms with Crippen molar-refractivity contribution in [3.63, 3.8) is 0 Å². The lowest BCUT2D eigenvalue weighted by atomic mass is 9.33. The third kappa shape index (κ3) is 4.21. The monoisotopic (exact) mass is 618 g/mol. The maximum absolute atomic E-state index is 13.2. The fourth-order valence-electron chi connectivity index (χ4n) is 11.9. The molecule has 5 N–H and O–H groups in total. The molecule has 4 saturated carbocycles. The van der Waals surface area contributed by atoms with E-state index in [1.54, 1.807) is 6.92 Å². The van der Waals surface area contributed by atoms with Crippen molar-refractivity contribution in [2.24, 2.45) is 50.2 Å². The van der Waals surface area contributed by atoms with Gasteiger partial charge in [0, 0.05) is 0 Å². The maximum atomic E-state index is 13.2. The number of aliphatic hydroxyl groups is 3. The number of hydrogen-bond acceptors (Lipinski definition) is 7. The number of ether oxygens (including phenoxy) is 2. The summed E-state index contributed by atoms with van der Waals surface area (Å²) in [6, 6.07) is 0. The predicted molar refractivity (Wildman–Crippen MR) is 161 cm³/mol. The van der Waals surface area contributed by atoms with Crippen molar-refractivity contribution in [3.8, 4) is 0 Å². The van der Waals surface area contributed by atoms with Gasteiger partial charge in [0.1, 0.15) is 18.3 Å². The van der Waals surface area contributed by atoms with Crippen molar-refractivity contribution in [1.29, 1.82) is 0 Å². The highest BCUT2D eigenvalue weighted by Crippen LogP contribution is 2.76. The Kier molecular flexibility index (Phi) is 7.54. The van der Waals surface area contributed by atoms with E-state index in [0.717, 1.165) is 44.9 Å². The topological polar surface area (TPSA) is 154 Å². The second kappa shape index (κ2) is 10.2. The molecule has 5 fully saturated rings. The molecule has 0 radical (unpaired) electrons. The van der Waals surface area contributed by atoms with Crippen LogP contribution in [0.3, 0.4) is 0 Å². The summed E-state index contributed by atoms with van der Waals surface area (Å²) < 4.78 is 11.8. The second-order valence-electron chi connectivity index (χ2n) is 17.2. The number of aliphatic hydroxyl groups excluding tert-OH is 3. The van der Waals surface area contributed by atoms with Crippen LogP contribution in [0.1, 0.15) is 106 Å². The van der Waals surface area contributed by atoms with Crippen molar-refractivity contribution >= 4 is 11.9 Å². The van der Waals surface area contributed by atoms with E-state index in [9.17, 15) is 35.1 Å². The lowest BCUT2D eigenvalue weighted by Crippen LogP contribution is -2.67. The number of carboxylic acid groups (broad SMARTS) is 2. The molecule has 9 heteroatoms. The molecule has 9 nitrogen and oxygen atoms in total. The summed E-state index contributed by atoms with van der Waals surface area (Å²) in [6.45, 7) is 13.2. The van der Waals surface area contributed by atoms with Gasteiger partial charge in [-0.25, -0.2) is 0 Å². The quantitative estimate of drug-likeness (QED) is 0.222. The molecule has 0 aromatic rings. The summed E-state index contributed by atoms with van der Waals surface area (Å²) >= 11 is 0. The van der Waals surface area contributed by atoms with Crippen LogP contribution in [0.4, 0.5) is 0 Å². The molecule has 44 heavy (non-hydrogen) atoms. The highest BCUT2D eigenvalue weighted by molar-refractivity contribution is 5.77. The van der Waals surface area contributed by atoms with Crippen molar-refractivity contribution in [2.45, 2.75) is 136 Å². The van der Waals surface area contributed by atoms with Crippen molar-refractivity contribution in [3.05, 3.63) is 11.6 Å². The van der Waals surface area contributed by atoms with Crippen molar-refractivity contribution in [2.75, 3.05) is 6.61 Å². The van der Waals surface area contributed by atoms with Crippen LogP contribution in [0.5, 0.6) is 0 Å². The molecule has 0 aromatic heterocycles. The van der Waals surface area contributed by atoms with Crippen LogP contribution < -0.4 is 0 Å². The van der Waals surface area contributed by atoms with E-state index in [-0.39, 0.29) is 46.0 Å². The molecule has 6 aliphatic rings. The minimum atomic E-state index is -1.48. The van der Waals surface area contributed by atoms with Crippen LogP contribution in [-0.2, 0) is 19.1 Å². The lowest BCUT2D eigenvalue weighted by Gasteiger charge is -2.71. The number of carbonyl (C=O) groups is 2. The van der Waals surface area contributed by atoms with Crippen LogP contribution in [0, 0.1) is 50.2 Å². The zero-order valence-corrected chi connectivity index (χ0v) is 27.3. The third-order valence-electron chi connectivity index (χ3n) is 14.9. The van der Waals surface area contributed by atoms with Gasteiger partial charge in [-0.2, -0.15) is 0 Å². The normalized spacial score (nSPS) is 53.2. The molecule has 0 unspecified atom stereocenters. The summed E-state index contributed by atoms with van der Waals surface area (Å²) in [6.07, 6.45) is 3.98. The fourth-order valence-corrected chi connectivity index (χ4v) is 11.9. The number of aliphatic carboxylic acids is 2. The number of hydrogen-bond donors (Lipinski definition) is 5. The van der Waals surface area contributed by atoms with E-state index in [1.807, 2.05) is 0 Å². The largest absolute Gasteiger partial charge is 0.481 e. The van der Waals surface area contributed by atoms with Gasteiger partial charge >= 0.3 is 11.9 Å². The van der Waals surface area contributed by atoms with Gasteiger partial charge in [0.05, 0.1) is 23.5 Å². The molecule has 6 rings (SSSR count). The van der Waals surface area contributed by atoms with Gasteiger partial charge in [-0.15, -0.1) is 0 Å². The van der Waals surface area contributed by atoms with Gasteiger partial charge in [0.25, 0.3) is 0 Å². The number of carboxylic acids is 2. The molecular formula is C35H54O9. The zero-order chi connectivity index (χ0) is 32.3. The maximum Gasteiger partial charge on any atom is 0.312 e. The highest BCUT2D eigenvalue weighted by atomic mass is 16.7. The molecule has 5 aliphatic carbocycles. The molecule has 1 aliphatic heterocycles. The van der Waals surface area contributed by atoms with E-state index >= 15 is 0 Å². The molecule has 1 heterocycles. The minimum Gasteiger partial charge on any atom is -0.481 e. The molecule has 0 bridgehead atoms. The SMILES string of the molecule is CC1(C)CC[C@]2(C(=O)O)CC[C@]3(C)C(=CC[C@@H]4[C@@]5(C)CC[C@H](O[C@@H]6OC[C@H](O)[C@H](O)[C@H]6O)[C@@](C)(C(=O)O)[C@@H]5CC[C@]43C)[C@@H]2C1. The van der Waals surface area contributed by atoms with Crippen LogP contribution in [0.25, 0.3) is 0 Å². The molecule has 1 saturated heterocycles. The molecular weight excluding hydrogens is 564 g/mol. The van der Waals surface area contributed by atoms with Gasteiger partial charge in [0.15, 0.2) is 6.29 Å². The van der Waals surface area contributed by atoms with E-state index in [1.165, 1.54) is 5.57 Å². The highest BCUT2D eigenvalue weighted by Gasteiger charge is 2.71. The minimum absolute atomic E-state index is 0.0232. The first-order valence-electron chi connectivity index (χ1n) is 16.9. The Morgan fingerprint density at radius 3 is 2.18 bits per heavy atom. The Hall–Kier alpha value is -1.52. The van der Waals surface area contributed by atoms with Gasteiger partial charge in [0.2, 0.25) is 0 Å². The Morgan fingerprint density at radius 1 is 0.841 bits per heavy atom. The molecule has 0 spiro atoms. The second-order valence-corrected chi connectivity index (χ2v) is 17.2. The summed E-state index contributed by atoms with van der Waals surface area (Å²) in [4.78, 5) is 26.2. The first-order chi connectivity index (χ1) is 20.4. The summed E-state index contributed by atoms with van der Waals surface area (Å²) in [7, 11) is 0. The smallest absolute Gasteiger partial charge is 0.312 e. The van der Waals surface area contributed by atoms with E-state index in [4.69, 9.17) is 9.47 Å². The third-order valence-corrected chi connectivity index (χ3v) is 14.9. The molecule has 0 aromatic carbocycles. The Morgan fingerprint density at radius 2 is 1.52 bits per heavy atom. The average molecular weight is 619 g/mol. The number of allylic oxidation sites excluding steroid dienone is 2. The van der Waals surface area contributed by atoms with Gasteiger partial charge in [-0.1, -0.05) is 46.3 Å². The molecule has 248 valence electrons. The zero-order valence-electron chi connectivity index (χ0n) is 27.3. The Bertz CT molecular complexity index is 1230. The first-order valence-corrected chi connectivity index (χ1v) is 16.9. The van der Waals surface area contributed by atoms with Crippen LogP contribution in [0.2, 0.25) is 0 Å². The predicted octanol–water partition coefficient (Wildman–Crippen LogP) is 4.76. The van der Waals surface area contributed by atoms with Gasteiger partial charge in [-0.3, -0.25) is 9.59 Å². The molecule has 13 atom stereocenters. The van der Waals surface area contributed by atoms with Crippen LogP contribution in [-0.4, -0.2) is 74.8 Å². The Balaban J connectivity index is 1.34. The lowest BCUT2D eigenvalue weighted by molar-refractivity contribution is -0.308. The molecule has 0 amide bonds. The van der Waals surface area contributed by atoms with E-state index in [2.05, 4.69) is 40.7 Å². The number of fused-ring (bicyclic) bond motifs is 7. The van der Waals surface area contributed by atoms with Crippen molar-refractivity contribution < 1.29 is 44.6 Å². The van der Waals surface area contributed by atoms with E-state index in [0.29, 0.717) is 19.3 Å². The summed E-state index contributed by atoms with van der Waals surface area (Å²) in [5, 5.41) is 52.1. The number of rotatable bonds is 4. The van der Waals surface area contributed by atoms with Crippen LogP contribution >= 0.6 is 0 Å². The summed E-state index contributed by atoms with van der Waals surface area (Å²) in [5.41, 5.74) is -1.06. The first kappa shape index (κ1) is 32.4. The Labute approximate surface area is 261 Å². The van der Waals surface area contributed by atoms with Crippen molar-refractivity contribution in [1.82, 2.24) is 0 Å². The average Bonchev–Trinajstić information content (AvgIpc) is 2.94. The fraction of sp³-hybridized carbons (Fsp3) is 0.886. The van der Waals surface area contributed by atoms with E-state index < -0.39 is 53.5 Å². The standard InChI is InChI=1S/C35H54O9/c1-30(2)13-15-35(29(41)42)16-14-32(4)19(20(35)17-30)7-8-22-31(3)11-10-24(44-27-26(38)25(37)21(36)18-43-27)34(6,28(39)40)23(31)9-12-33(22,32)5/h7,20-27,36-38H,8-18H2,1-6H3,(H,39,40)(H,41,42)/t20-,21-,22+,23+,24-,25-,26+,27-,31+,32+,33+,34-,35-/m0/s1. The summed E-state index contributed by atoms with van der Waals surface area (Å²) in [5.74, 6) is -1.51. The van der Waals surface area contributed by atoms with Gasteiger partial charge in [-0.05, 0) is 111 Å².